The first-order valence-corrected chi connectivity index (χ1v) is 7.83. The van der Waals surface area contributed by atoms with E-state index in [2.05, 4.69) is 11.6 Å². The summed E-state index contributed by atoms with van der Waals surface area (Å²) in [6.45, 7) is 6.79. The molecule has 2 aliphatic heterocycles. The fourth-order valence-electron chi connectivity index (χ4n) is 3.11. The predicted molar refractivity (Wildman–Crippen MR) is 82.2 cm³/mol. The summed E-state index contributed by atoms with van der Waals surface area (Å²) in [5.41, 5.74) is 3.51. The Morgan fingerprint density at radius 2 is 2.45 bits per heavy atom. The van der Waals surface area contributed by atoms with Crippen LogP contribution in [0.5, 0.6) is 0 Å². The van der Waals surface area contributed by atoms with Crippen LogP contribution in [0.2, 0.25) is 0 Å². The maximum absolute atomic E-state index is 12.5. The number of carbonyl (C=O) groups is 1. The van der Waals surface area contributed by atoms with E-state index in [0.717, 1.165) is 36.9 Å². The summed E-state index contributed by atoms with van der Waals surface area (Å²) in [6.07, 6.45) is 7.89. The van der Waals surface area contributed by atoms with Gasteiger partial charge in [-0.05, 0) is 36.0 Å². The van der Waals surface area contributed by atoms with Crippen LogP contribution in [0.3, 0.4) is 0 Å². The summed E-state index contributed by atoms with van der Waals surface area (Å²) >= 11 is 0. The lowest BCUT2D eigenvalue weighted by Crippen LogP contribution is -2.42. The summed E-state index contributed by atoms with van der Waals surface area (Å²) in [6, 6.07) is 0. The van der Waals surface area contributed by atoms with Crippen LogP contribution >= 0.6 is 0 Å². The van der Waals surface area contributed by atoms with E-state index < -0.39 is 0 Å². The fourth-order valence-corrected chi connectivity index (χ4v) is 3.11. The Morgan fingerprint density at radius 1 is 1.55 bits per heavy atom. The molecule has 0 aliphatic carbocycles. The molecule has 0 aromatic carbocycles. The van der Waals surface area contributed by atoms with Gasteiger partial charge < -0.3 is 14.4 Å². The molecule has 0 unspecified atom stereocenters. The van der Waals surface area contributed by atoms with E-state index in [4.69, 9.17) is 9.47 Å². The maximum atomic E-state index is 12.5. The third-order valence-electron chi connectivity index (χ3n) is 4.24. The summed E-state index contributed by atoms with van der Waals surface area (Å²) in [4.78, 5) is 18.6. The van der Waals surface area contributed by atoms with Gasteiger partial charge in [-0.1, -0.05) is 6.08 Å². The van der Waals surface area contributed by atoms with Crippen molar-refractivity contribution in [3.63, 3.8) is 0 Å². The van der Waals surface area contributed by atoms with Crippen molar-refractivity contribution in [3.8, 4) is 0 Å². The quantitative estimate of drug-likeness (QED) is 0.615. The van der Waals surface area contributed by atoms with E-state index >= 15 is 0 Å². The van der Waals surface area contributed by atoms with Gasteiger partial charge in [0.25, 0.3) is 5.91 Å². The summed E-state index contributed by atoms with van der Waals surface area (Å²) < 4.78 is 11.0. The van der Waals surface area contributed by atoms with Gasteiger partial charge in [0, 0.05) is 32.1 Å². The molecule has 2 aliphatic rings. The van der Waals surface area contributed by atoms with Crippen molar-refractivity contribution in [1.29, 1.82) is 0 Å². The van der Waals surface area contributed by atoms with Gasteiger partial charge in [-0.3, -0.25) is 9.78 Å². The zero-order chi connectivity index (χ0) is 15.4. The lowest BCUT2D eigenvalue weighted by Gasteiger charge is -2.31. The summed E-state index contributed by atoms with van der Waals surface area (Å²) in [5.74, 6) is 0.122. The Bertz CT molecular complexity index is 553. The van der Waals surface area contributed by atoms with Crippen LogP contribution < -0.4 is 0 Å². The smallest absolute Gasteiger partial charge is 0.252 e. The molecule has 1 aromatic heterocycles. The van der Waals surface area contributed by atoms with E-state index in [1.54, 1.807) is 6.08 Å². The lowest BCUT2D eigenvalue weighted by atomic mass is 9.97. The Hall–Kier alpha value is -1.72. The van der Waals surface area contributed by atoms with E-state index in [1.165, 1.54) is 5.56 Å². The van der Waals surface area contributed by atoms with Gasteiger partial charge in [0.2, 0.25) is 0 Å². The molecule has 1 fully saturated rings. The highest BCUT2D eigenvalue weighted by Gasteiger charge is 2.30. The second-order valence-corrected chi connectivity index (χ2v) is 5.75. The number of rotatable bonds is 5. The van der Waals surface area contributed by atoms with Crippen molar-refractivity contribution < 1.29 is 14.3 Å². The number of ether oxygens (including phenoxy) is 2. The molecule has 0 N–H and O–H groups in total. The van der Waals surface area contributed by atoms with Crippen LogP contribution in [0.25, 0.3) is 0 Å². The van der Waals surface area contributed by atoms with Crippen molar-refractivity contribution in [3.05, 3.63) is 41.7 Å². The van der Waals surface area contributed by atoms with Crippen molar-refractivity contribution in [2.24, 2.45) is 0 Å². The number of pyridine rings is 1. The monoisotopic (exact) mass is 302 g/mol. The molecule has 1 saturated heterocycles. The lowest BCUT2D eigenvalue weighted by molar-refractivity contribution is -0.141. The number of amides is 1. The molecule has 1 aromatic rings. The van der Waals surface area contributed by atoms with Crippen molar-refractivity contribution in [2.75, 3.05) is 19.8 Å². The zero-order valence-electron chi connectivity index (χ0n) is 12.8. The van der Waals surface area contributed by atoms with Crippen molar-refractivity contribution >= 4 is 5.91 Å². The first kappa shape index (κ1) is 15.2. The second kappa shape index (κ2) is 7.03. The molecule has 0 radical (unpaired) electrons. The number of nitrogens with zero attached hydrogens (tertiary/aromatic N) is 2. The van der Waals surface area contributed by atoms with Crippen LogP contribution in [0.4, 0.5) is 0 Å². The number of carbonyl (C=O) groups excluding carboxylic acids is 1. The average molecular weight is 302 g/mol. The van der Waals surface area contributed by atoms with E-state index in [0.29, 0.717) is 26.4 Å². The minimum Gasteiger partial charge on any atom is -0.373 e. The zero-order valence-corrected chi connectivity index (χ0v) is 12.8. The van der Waals surface area contributed by atoms with Gasteiger partial charge >= 0.3 is 0 Å². The van der Waals surface area contributed by atoms with Crippen LogP contribution in [-0.2, 0) is 33.8 Å². The number of fused-ring (bicyclic) bond motifs is 1. The molecular formula is C17H22N2O3. The van der Waals surface area contributed by atoms with Crippen LogP contribution in [0.1, 0.15) is 29.5 Å². The largest absolute Gasteiger partial charge is 0.373 e. The Morgan fingerprint density at radius 3 is 3.23 bits per heavy atom. The molecule has 0 spiro atoms. The van der Waals surface area contributed by atoms with Gasteiger partial charge in [-0.2, -0.15) is 0 Å². The van der Waals surface area contributed by atoms with E-state index in [1.807, 2.05) is 17.3 Å². The van der Waals surface area contributed by atoms with Crippen LogP contribution in [0.15, 0.2) is 25.0 Å². The normalized spacial score (nSPS) is 20.7. The summed E-state index contributed by atoms with van der Waals surface area (Å²) in [7, 11) is 0. The fraction of sp³-hybridized carbons (Fsp3) is 0.529. The van der Waals surface area contributed by atoms with Crippen molar-refractivity contribution in [1.82, 2.24) is 9.88 Å². The predicted octanol–water partition coefficient (Wildman–Crippen LogP) is 1.85. The number of hydrogen-bond donors (Lipinski definition) is 0. The Labute approximate surface area is 130 Å². The number of aromatic nitrogens is 1. The van der Waals surface area contributed by atoms with Gasteiger partial charge in [0.05, 0.1) is 13.2 Å². The molecule has 118 valence electrons. The third kappa shape index (κ3) is 3.20. The first-order valence-electron chi connectivity index (χ1n) is 7.83. The standard InChI is InChI=1S/C17H22N2O3/c1-2-7-21-12-14-10-18-9-13-11-19(6-5-15(13)14)17(20)16-4-3-8-22-16/h2,9-10,16H,1,3-8,11-12H2/t16-/m1/s1. The molecule has 0 saturated carbocycles. The van der Waals surface area contributed by atoms with Crippen LogP contribution in [0, 0.1) is 0 Å². The van der Waals surface area contributed by atoms with Gasteiger partial charge in [-0.25, -0.2) is 0 Å². The van der Waals surface area contributed by atoms with Crippen molar-refractivity contribution in [2.45, 2.75) is 38.5 Å². The maximum Gasteiger partial charge on any atom is 0.252 e. The molecule has 1 atom stereocenters. The SMILES string of the molecule is C=CCOCc1cncc2c1CCN(C(=O)[C@H]1CCCO1)C2. The van der Waals surface area contributed by atoms with Crippen LogP contribution in [-0.4, -0.2) is 41.7 Å². The van der Waals surface area contributed by atoms with E-state index in [9.17, 15) is 4.79 Å². The second-order valence-electron chi connectivity index (χ2n) is 5.75. The summed E-state index contributed by atoms with van der Waals surface area (Å²) in [5, 5.41) is 0. The molecule has 3 rings (SSSR count). The van der Waals surface area contributed by atoms with Gasteiger partial charge in [0.15, 0.2) is 0 Å². The highest BCUT2D eigenvalue weighted by molar-refractivity contribution is 5.81. The molecule has 22 heavy (non-hydrogen) atoms. The molecule has 5 heteroatoms. The molecule has 5 nitrogen and oxygen atoms in total. The third-order valence-corrected chi connectivity index (χ3v) is 4.24. The molecule has 3 heterocycles. The Balaban J connectivity index is 1.69. The molecule has 0 bridgehead atoms. The molecular weight excluding hydrogens is 280 g/mol. The number of hydrogen-bond acceptors (Lipinski definition) is 4. The van der Waals surface area contributed by atoms with Gasteiger partial charge in [-0.15, -0.1) is 6.58 Å². The minimum atomic E-state index is -0.242. The highest BCUT2D eigenvalue weighted by Crippen LogP contribution is 2.24. The topological polar surface area (TPSA) is 51.7 Å². The van der Waals surface area contributed by atoms with E-state index in [-0.39, 0.29) is 12.0 Å². The Kier molecular flexibility index (Phi) is 4.85. The van der Waals surface area contributed by atoms with Gasteiger partial charge in [0.1, 0.15) is 6.10 Å². The minimum absolute atomic E-state index is 0.122. The molecule has 1 amide bonds. The average Bonchev–Trinajstić information content (AvgIpc) is 3.08. The first-order chi connectivity index (χ1) is 10.8. The highest BCUT2D eigenvalue weighted by atomic mass is 16.5.